The summed E-state index contributed by atoms with van der Waals surface area (Å²) in [6.07, 6.45) is -0.501. The van der Waals surface area contributed by atoms with Crippen LogP contribution >= 0.6 is 11.3 Å². The number of rotatable bonds is 8. The molecule has 1 N–H and O–H groups in total. The van der Waals surface area contributed by atoms with E-state index in [0.29, 0.717) is 19.8 Å². The van der Waals surface area contributed by atoms with E-state index in [9.17, 15) is 5.11 Å². The van der Waals surface area contributed by atoms with E-state index < -0.39 is 6.10 Å². The van der Waals surface area contributed by atoms with Crippen molar-refractivity contribution in [1.29, 1.82) is 0 Å². The summed E-state index contributed by atoms with van der Waals surface area (Å²) in [4.78, 5) is 5.29. The van der Waals surface area contributed by atoms with E-state index in [-0.39, 0.29) is 0 Å². The molecule has 0 saturated heterocycles. The molecule has 0 bridgehead atoms. The van der Waals surface area contributed by atoms with Crippen molar-refractivity contribution in [3.8, 4) is 0 Å². The van der Waals surface area contributed by atoms with Gasteiger partial charge in [0.15, 0.2) is 0 Å². The Kier molecular flexibility index (Phi) is 6.24. The number of nitrogens with zero attached hydrogens (tertiary/aromatic N) is 2. The maximum absolute atomic E-state index is 10.1. The number of anilines is 2. The van der Waals surface area contributed by atoms with Gasteiger partial charge in [0.2, 0.25) is 0 Å². The number of likely N-dealkylation sites (N-methyl/N-ethyl adjacent to an activating group) is 1. The minimum absolute atomic E-state index is 0.345. The van der Waals surface area contributed by atoms with Gasteiger partial charge in [0, 0.05) is 43.9 Å². The molecule has 0 radical (unpaired) electrons. The first-order valence-electron chi connectivity index (χ1n) is 7.33. The Morgan fingerprint density at radius 2 is 1.77 bits per heavy atom. The molecule has 1 aromatic carbocycles. The number of thiophene rings is 1. The summed E-state index contributed by atoms with van der Waals surface area (Å²) in [5.74, 6) is 0. The molecule has 2 rings (SSSR count). The molecule has 0 spiro atoms. The van der Waals surface area contributed by atoms with E-state index in [1.807, 2.05) is 43.6 Å². The summed E-state index contributed by atoms with van der Waals surface area (Å²) < 4.78 is 5.55. The summed E-state index contributed by atoms with van der Waals surface area (Å²) in [5.41, 5.74) is 2.25. The van der Waals surface area contributed by atoms with E-state index in [4.69, 9.17) is 4.74 Å². The second kappa shape index (κ2) is 8.17. The monoisotopic (exact) mass is 320 g/mol. The highest BCUT2D eigenvalue weighted by molar-refractivity contribution is 7.09. The lowest BCUT2D eigenvalue weighted by Crippen LogP contribution is -2.32. The predicted octanol–water partition coefficient (Wildman–Crippen LogP) is 2.83. The standard InChI is InChI=1S/C17H24N2O2S/c1-18(2)14-6-8-15(9-7-14)19(3)11-16(20)12-21-13-17-5-4-10-22-17/h4-10,16,20H,11-13H2,1-3H3. The fourth-order valence-corrected chi connectivity index (χ4v) is 2.81. The second-order valence-electron chi connectivity index (χ2n) is 5.54. The fraction of sp³-hybridized carbons (Fsp3) is 0.412. The quantitative estimate of drug-likeness (QED) is 0.811. The third-order valence-corrected chi connectivity index (χ3v) is 4.28. The van der Waals surface area contributed by atoms with Gasteiger partial charge in [-0.3, -0.25) is 0 Å². The molecule has 120 valence electrons. The minimum atomic E-state index is -0.501. The van der Waals surface area contributed by atoms with Crippen molar-refractivity contribution in [2.45, 2.75) is 12.7 Å². The zero-order valence-corrected chi connectivity index (χ0v) is 14.2. The third kappa shape index (κ3) is 5.02. The van der Waals surface area contributed by atoms with E-state index in [2.05, 4.69) is 29.2 Å². The molecule has 0 saturated carbocycles. The lowest BCUT2D eigenvalue weighted by Gasteiger charge is -2.23. The van der Waals surface area contributed by atoms with Crippen LogP contribution in [-0.2, 0) is 11.3 Å². The highest BCUT2D eigenvalue weighted by Crippen LogP contribution is 2.18. The van der Waals surface area contributed by atoms with Crippen molar-refractivity contribution in [2.24, 2.45) is 0 Å². The van der Waals surface area contributed by atoms with E-state index >= 15 is 0 Å². The van der Waals surface area contributed by atoms with Crippen LogP contribution in [0.3, 0.4) is 0 Å². The molecule has 0 amide bonds. The summed E-state index contributed by atoms with van der Waals surface area (Å²) in [7, 11) is 6.02. The largest absolute Gasteiger partial charge is 0.389 e. The molecule has 0 aliphatic rings. The molecule has 1 atom stereocenters. The van der Waals surface area contributed by atoms with Crippen LogP contribution in [0.25, 0.3) is 0 Å². The topological polar surface area (TPSA) is 35.9 Å². The van der Waals surface area contributed by atoms with Crippen molar-refractivity contribution in [1.82, 2.24) is 0 Å². The lowest BCUT2D eigenvalue weighted by atomic mass is 10.2. The molecule has 5 heteroatoms. The second-order valence-corrected chi connectivity index (χ2v) is 6.57. The maximum atomic E-state index is 10.1. The van der Waals surface area contributed by atoms with Crippen molar-refractivity contribution in [3.63, 3.8) is 0 Å². The Hall–Kier alpha value is -1.56. The smallest absolute Gasteiger partial charge is 0.0948 e. The molecule has 2 aromatic rings. The van der Waals surface area contributed by atoms with Gasteiger partial charge in [0.1, 0.15) is 0 Å². The molecule has 0 fully saturated rings. The van der Waals surface area contributed by atoms with Crippen LogP contribution in [0.1, 0.15) is 4.88 Å². The van der Waals surface area contributed by atoms with Gasteiger partial charge in [0.05, 0.1) is 19.3 Å². The van der Waals surface area contributed by atoms with Crippen molar-refractivity contribution < 1.29 is 9.84 Å². The van der Waals surface area contributed by atoms with E-state index in [1.54, 1.807) is 11.3 Å². The van der Waals surface area contributed by atoms with Gasteiger partial charge in [-0.05, 0) is 35.7 Å². The van der Waals surface area contributed by atoms with Crippen LogP contribution < -0.4 is 9.80 Å². The zero-order chi connectivity index (χ0) is 15.9. The van der Waals surface area contributed by atoms with Crippen LogP contribution in [0.5, 0.6) is 0 Å². The number of aliphatic hydroxyl groups is 1. The van der Waals surface area contributed by atoms with Crippen LogP contribution in [0.2, 0.25) is 0 Å². The molecular formula is C17H24N2O2S. The summed E-state index contributed by atoms with van der Waals surface area (Å²) >= 11 is 1.67. The first-order valence-corrected chi connectivity index (χ1v) is 8.21. The van der Waals surface area contributed by atoms with Crippen molar-refractivity contribution in [3.05, 3.63) is 46.7 Å². The van der Waals surface area contributed by atoms with Crippen LogP contribution in [0.15, 0.2) is 41.8 Å². The average molecular weight is 320 g/mol. The summed E-state index contributed by atoms with van der Waals surface area (Å²) in [5, 5.41) is 12.1. The molecule has 1 aromatic heterocycles. The van der Waals surface area contributed by atoms with Crippen LogP contribution in [0, 0.1) is 0 Å². The first kappa shape index (κ1) is 16.8. The average Bonchev–Trinajstić information content (AvgIpc) is 3.00. The van der Waals surface area contributed by atoms with Gasteiger partial charge >= 0.3 is 0 Å². The van der Waals surface area contributed by atoms with Crippen LogP contribution in [-0.4, -0.2) is 45.5 Å². The van der Waals surface area contributed by atoms with Gasteiger partial charge in [-0.2, -0.15) is 0 Å². The molecule has 1 unspecified atom stereocenters. The molecule has 1 heterocycles. The number of hydrogen-bond acceptors (Lipinski definition) is 5. The highest BCUT2D eigenvalue weighted by Gasteiger charge is 2.10. The Labute approximate surface area is 136 Å². The van der Waals surface area contributed by atoms with E-state index in [1.165, 1.54) is 4.88 Å². The highest BCUT2D eigenvalue weighted by atomic mass is 32.1. The van der Waals surface area contributed by atoms with Crippen LogP contribution in [0.4, 0.5) is 11.4 Å². The number of hydrogen-bond donors (Lipinski definition) is 1. The number of aliphatic hydroxyl groups excluding tert-OH is 1. The Morgan fingerprint density at radius 1 is 1.09 bits per heavy atom. The molecule has 0 aliphatic carbocycles. The number of benzene rings is 1. The van der Waals surface area contributed by atoms with Gasteiger partial charge < -0.3 is 19.6 Å². The summed E-state index contributed by atoms with van der Waals surface area (Å²) in [6.45, 7) is 1.46. The molecular weight excluding hydrogens is 296 g/mol. The fourth-order valence-electron chi connectivity index (χ4n) is 2.17. The first-order chi connectivity index (χ1) is 10.6. The molecule has 22 heavy (non-hydrogen) atoms. The lowest BCUT2D eigenvalue weighted by molar-refractivity contribution is 0.0335. The van der Waals surface area contributed by atoms with E-state index in [0.717, 1.165) is 11.4 Å². The minimum Gasteiger partial charge on any atom is -0.389 e. The van der Waals surface area contributed by atoms with Gasteiger partial charge in [-0.1, -0.05) is 6.07 Å². The van der Waals surface area contributed by atoms with Crippen molar-refractivity contribution >= 4 is 22.7 Å². The SMILES string of the molecule is CN(C)c1ccc(N(C)CC(O)COCc2cccs2)cc1. The van der Waals surface area contributed by atoms with Gasteiger partial charge in [-0.15, -0.1) is 11.3 Å². The Bertz CT molecular complexity index is 540. The normalized spacial score (nSPS) is 12.2. The molecule has 0 aliphatic heterocycles. The maximum Gasteiger partial charge on any atom is 0.0948 e. The Morgan fingerprint density at radius 3 is 2.36 bits per heavy atom. The van der Waals surface area contributed by atoms with Gasteiger partial charge in [0.25, 0.3) is 0 Å². The third-order valence-electron chi connectivity index (χ3n) is 3.43. The Balaban J connectivity index is 1.76. The summed E-state index contributed by atoms with van der Waals surface area (Å²) in [6, 6.07) is 12.3. The van der Waals surface area contributed by atoms with Crippen molar-refractivity contribution in [2.75, 3.05) is 44.1 Å². The molecule has 4 nitrogen and oxygen atoms in total. The zero-order valence-electron chi connectivity index (χ0n) is 13.4. The predicted molar refractivity (Wildman–Crippen MR) is 94.0 cm³/mol. The van der Waals surface area contributed by atoms with Gasteiger partial charge in [-0.25, -0.2) is 0 Å². The number of ether oxygens (including phenoxy) is 1.